The lowest BCUT2D eigenvalue weighted by molar-refractivity contribution is 0.181. The Morgan fingerprint density at radius 2 is 1.67 bits per heavy atom. The molecule has 1 heteroatoms. The second-order valence-electron chi connectivity index (χ2n) is 6.53. The first-order valence-electron chi connectivity index (χ1n) is 6.50. The number of rotatable bonds is 4. The van der Waals surface area contributed by atoms with Crippen molar-refractivity contribution in [3.05, 3.63) is 0 Å². The van der Waals surface area contributed by atoms with Crippen molar-refractivity contribution in [1.29, 1.82) is 0 Å². The van der Waals surface area contributed by atoms with Crippen LogP contribution >= 0.6 is 15.9 Å². The molecule has 0 nitrogen and oxygen atoms in total. The van der Waals surface area contributed by atoms with Gasteiger partial charge in [-0.25, -0.2) is 0 Å². The molecule has 90 valence electrons. The van der Waals surface area contributed by atoms with E-state index < -0.39 is 0 Å². The van der Waals surface area contributed by atoms with Crippen molar-refractivity contribution in [2.45, 2.75) is 59.8 Å². The Labute approximate surface area is 104 Å². The highest BCUT2D eigenvalue weighted by molar-refractivity contribution is 9.09. The van der Waals surface area contributed by atoms with Gasteiger partial charge in [0.05, 0.1) is 0 Å². The van der Waals surface area contributed by atoms with Gasteiger partial charge < -0.3 is 0 Å². The molecule has 1 aliphatic rings. The van der Waals surface area contributed by atoms with E-state index in [0.29, 0.717) is 5.41 Å². The van der Waals surface area contributed by atoms with E-state index in [2.05, 4.69) is 43.6 Å². The first-order chi connectivity index (χ1) is 6.94. The average Bonchev–Trinajstić information content (AvgIpc) is 2.18. The van der Waals surface area contributed by atoms with Crippen LogP contribution in [-0.4, -0.2) is 5.33 Å². The van der Waals surface area contributed by atoms with Crippen molar-refractivity contribution < 1.29 is 0 Å². The molecule has 0 N–H and O–H groups in total. The molecule has 0 radical (unpaired) electrons. The van der Waals surface area contributed by atoms with E-state index in [1.165, 1.54) is 32.1 Å². The van der Waals surface area contributed by atoms with Crippen LogP contribution in [0.1, 0.15) is 59.8 Å². The van der Waals surface area contributed by atoms with Gasteiger partial charge in [-0.3, -0.25) is 0 Å². The standard InChI is InChI=1S/C14H27Br/c1-11(2)13-7-5-12(6-8-13)9-14(3,4)10-15/h11-13H,5-10H2,1-4H3. The maximum Gasteiger partial charge on any atom is 0.00827 e. The quantitative estimate of drug-likeness (QED) is 0.614. The van der Waals surface area contributed by atoms with Gasteiger partial charge in [-0.15, -0.1) is 0 Å². The molecule has 0 aromatic carbocycles. The van der Waals surface area contributed by atoms with Crippen LogP contribution in [0.15, 0.2) is 0 Å². The molecule has 0 atom stereocenters. The van der Waals surface area contributed by atoms with Crippen LogP contribution in [0.2, 0.25) is 0 Å². The third-order valence-electron chi connectivity index (χ3n) is 4.04. The molecule has 1 fully saturated rings. The molecular formula is C14H27Br. The number of hydrogen-bond donors (Lipinski definition) is 0. The van der Waals surface area contributed by atoms with Gasteiger partial charge >= 0.3 is 0 Å². The molecule has 0 amide bonds. The minimum absolute atomic E-state index is 0.495. The van der Waals surface area contributed by atoms with Gasteiger partial charge in [-0.2, -0.15) is 0 Å². The summed E-state index contributed by atoms with van der Waals surface area (Å²) in [6.45, 7) is 9.54. The fourth-order valence-electron chi connectivity index (χ4n) is 2.90. The van der Waals surface area contributed by atoms with Crippen LogP contribution < -0.4 is 0 Å². The topological polar surface area (TPSA) is 0 Å². The summed E-state index contributed by atoms with van der Waals surface area (Å²) in [6, 6.07) is 0. The molecule has 15 heavy (non-hydrogen) atoms. The fraction of sp³-hybridized carbons (Fsp3) is 1.00. The molecule has 0 heterocycles. The fourth-order valence-corrected chi connectivity index (χ4v) is 3.12. The summed E-state index contributed by atoms with van der Waals surface area (Å²) in [7, 11) is 0. The molecule has 1 saturated carbocycles. The summed E-state index contributed by atoms with van der Waals surface area (Å²) >= 11 is 3.63. The predicted molar refractivity (Wildman–Crippen MR) is 72.5 cm³/mol. The summed E-state index contributed by atoms with van der Waals surface area (Å²) in [4.78, 5) is 0. The van der Waals surface area contributed by atoms with E-state index >= 15 is 0 Å². The van der Waals surface area contributed by atoms with E-state index in [1.54, 1.807) is 0 Å². The first-order valence-corrected chi connectivity index (χ1v) is 7.63. The normalized spacial score (nSPS) is 28.4. The van der Waals surface area contributed by atoms with Gasteiger partial charge in [0.25, 0.3) is 0 Å². The summed E-state index contributed by atoms with van der Waals surface area (Å²) in [5, 5.41) is 1.14. The highest BCUT2D eigenvalue weighted by Crippen LogP contribution is 2.39. The van der Waals surface area contributed by atoms with E-state index in [9.17, 15) is 0 Å². The SMILES string of the molecule is CC(C)C1CCC(CC(C)(C)CBr)CC1. The van der Waals surface area contributed by atoms with Crippen molar-refractivity contribution >= 4 is 15.9 Å². The Morgan fingerprint density at radius 1 is 1.13 bits per heavy atom. The Hall–Kier alpha value is 0.480. The molecule has 0 saturated heterocycles. The molecule has 0 aromatic rings. The van der Waals surface area contributed by atoms with Crippen molar-refractivity contribution in [3.63, 3.8) is 0 Å². The van der Waals surface area contributed by atoms with Gasteiger partial charge in [0, 0.05) is 5.33 Å². The number of halogens is 1. The third kappa shape index (κ3) is 4.46. The van der Waals surface area contributed by atoms with Crippen LogP contribution in [0.25, 0.3) is 0 Å². The molecule has 1 aliphatic carbocycles. The lowest BCUT2D eigenvalue weighted by Crippen LogP contribution is -2.24. The van der Waals surface area contributed by atoms with Gasteiger partial charge in [0.1, 0.15) is 0 Å². The highest BCUT2D eigenvalue weighted by atomic mass is 79.9. The Kier molecular flexibility index (Phi) is 5.15. The molecule has 0 bridgehead atoms. The summed E-state index contributed by atoms with van der Waals surface area (Å²) in [5.74, 6) is 2.90. The van der Waals surface area contributed by atoms with Crippen molar-refractivity contribution in [1.82, 2.24) is 0 Å². The summed E-state index contributed by atoms with van der Waals surface area (Å²) in [5.41, 5.74) is 0.495. The van der Waals surface area contributed by atoms with Crippen molar-refractivity contribution in [2.24, 2.45) is 23.2 Å². The monoisotopic (exact) mass is 274 g/mol. The zero-order valence-corrected chi connectivity index (χ0v) is 12.4. The lowest BCUT2D eigenvalue weighted by atomic mass is 9.72. The maximum absolute atomic E-state index is 3.63. The van der Waals surface area contributed by atoms with Crippen LogP contribution in [0.3, 0.4) is 0 Å². The molecule has 0 aromatic heterocycles. The van der Waals surface area contributed by atoms with Crippen molar-refractivity contribution in [3.8, 4) is 0 Å². The first kappa shape index (κ1) is 13.5. The average molecular weight is 275 g/mol. The minimum atomic E-state index is 0.495. The molecule has 1 rings (SSSR count). The van der Waals surface area contributed by atoms with E-state index in [0.717, 1.165) is 23.1 Å². The largest absolute Gasteiger partial charge is 0.0922 e. The van der Waals surface area contributed by atoms with Crippen LogP contribution in [0.5, 0.6) is 0 Å². The second kappa shape index (κ2) is 5.70. The zero-order chi connectivity index (χ0) is 11.5. The smallest absolute Gasteiger partial charge is 0.00827 e. The predicted octanol–water partition coefficient (Wildman–Crippen LogP) is 5.26. The van der Waals surface area contributed by atoms with Gasteiger partial charge in [-0.1, -0.05) is 56.5 Å². The van der Waals surface area contributed by atoms with Crippen LogP contribution in [0, 0.1) is 23.2 Å². The summed E-state index contributed by atoms with van der Waals surface area (Å²) in [6.07, 6.45) is 7.29. The lowest BCUT2D eigenvalue weighted by Gasteiger charge is -2.35. The van der Waals surface area contributed by atoms with Gasteiger partial charge in [0.15, 0.2) is 0 Å². The number of alkyl halides is 1. The summed E-state index contributed by atoms with van der Waals surface area (Å²) < 4.78 is 0. The van der Waals surface area contributed by atoms with Crippen LogP contribution in [0.4, 0.5) is 0 Å². The van der Waals surface area contributed by atoms with E-state index in [4.69, 9.17) is 0 Å². The van der Waals surface area contributed by atoms with Crippen molar-refractivity contribution in [2.75, 3.05) is 5.33 Å². The van der Waals surface area contributed by atoms with E-state index in [1.807, 2.05) is 0 Å². The highest BCUT2D eigenvalue weighted by Gasteiger charge is 2.27. The Morgan fingerprint density at radius 3 is 2.07 bits per heavy atom. The Balaban J connectivity index is 2.32. The second-order valence-corrected chi connectivity index (χ2v) is 7.09. The van der Waals surface area contributed by atoms with Gasteiger partial charge in [0.2, 0.25) is 0 Å². The number of hydrogen-bond acceptors (Lipinski definition) is 0. The van der Waals surface area contributed by atoms with Gasteiger partial charge in [-0.05, 0) is 42.4 Å². The van der Waals surface area contributed by atoms with E-state index in [-0.39, 0.29) is 0 Å². The Bertz CT molecular complexity index is 176. The molecule has 0 unspecified atom stereocenters. The van der Waals surface area contributed by atoms with Crippen LogP contribution in [-0.2, 0) is 0 Å². The third-order valence-corrected chi connectivity index (χ3v) is 5.56. The maximum atomic E-state index is 3.63. The zero-order valence-electron chi connectivity index (χ0n) is 10.9. The minimum Gasteiger partial charge on any atom is -0.0922 e. The molecular weight excluding hydrogens is 248 g/mol. The molecule has 0 spiro atoms. The molecule has 0 aliphatic heterocycles.